The number of ether oxygens (including phenoxy) is 1. The van der Waals surface area contributed by atoms with Gasteiger partial charge in [-0.25, -0.2) is 4.98 Å². The Morgan fingerprint density at radius 1 is 1.48 bits per heavy atom. The summed E-state index contributed by atoms with van der Waals surface area (Å²) in [6, 6.07) is 3.31. The van der Waals surface area contributed by atoms with Crippen molar-refractivity contribution in [3.8, 4) is 0 Å². The zero-order valence-electron chi connectivity index (χ0n) is 13.4. The number of pyridine rings is 1. The molecule has 0 atom stereocenters. The normalized spacial score (nSPS) is 15.5. The molecule has 0 saturated carbocycles. The standard InChI is InChI=1S/C15H22N4O4/c1-11-13(19(21)22)3-4-14(16-11)17-12-5-8-18(9-6-12)15(20)7-10-23-2/h3-4,12H,5-10H2,1-2H3,(H,16,17). The number of aromatic nitrogens is 1. The van der Waals surface area contributed by atoms with Crippen molar-refractivity contribution in [2.24, 2.45) is 0 Å². The van der Waals surface area contributed by atoms with Crippen molar-refractivity contribution in [1.29, 1.82) is 0 Å². The minimum absolute atomic E-state index is 0.0223. The van der Waals surface area contributed by atoms with Gasteiger partial charge in [0.05, 0.1) is 18.0 Å². The molecule has 0 radical (unpaired) electrons. The maximum Gasteiger partial charge on any atom is 0.290 e. The van der Waals surface area contributed by atoms with Crippen LogP contribution in [0.2, 0.25) is 0 Å². The van der Waals surface area contributed by atoms with Gasteiger partial charge >= 0.3 is 0 Å². The number of piperidine rings is 1. The third kappa shape index (κ3) is 4.62. The molecule has 23 heavy (non-hydrogen) atoms. The first kappa shape index (κ1) is 17.1. The molecule has 0 aliphatic carbocycles. The van der Waals surface area contributed by atoms with Crippen LogP contribution in [0.15, 0.2) is 12.1 Å². The van der Waals surface area contributed by atoms with Crippen LogP contribution in [0, 0.1) is 17.0 Å². The van der Waals surface area contributed by atoms with Gasteiger partial charge in [-0.2, -0.15) is 0 Å². The van der Waals surface area contributed by atoms with Crippen LogP contribution in [-0.4, -0.2) is 53.6 Å². The van der Waals surface area contributed by atoms with Gasteiger partial charge in [-0.3, -0.25) is 14.9 Å². The predicted octanol–water partition coefficient (Wildman–Crippen LogP) is 1.74. The highest BCUT2D eigenvalue weighted by Gasteiger charge is 2.23. The van der Waals surface area contributed by atoms with E-state index in [4.69, 9.17) is 4.74 Å². The number of anilines is 1. The molecule has 2 heterocycles. The SMILES string of the molecule is COCCC(=O)N1CCC(Nc2ccc([N+](=O)[O-])c(C)n2)CC1. The molecule has 1 aliphatic heterocycles. The molecule has 126 valence electrons. The first-order chi connectivity index (χ1) is 11.0. The van der Waals surface area contributed by atoms with E-state index in [2.05, 4.69) is 10.3 Å². The van der Waals surface area contributed by atoms with E-state index in [1.807, 2.05) is 4.90 Å². The molecule has 1 amide bonds. The van der Waals surface area contributed by atoms with Crippen molar-refractivity contribution in [2.45, 2.75) is 32.2 Å². The summed E-state index contributed by atoms with van der Waals surface area (Å²) in [7, 11) is 1.59. The topological polar surface area (TPSA) is 97.6 Å². The molecule has 2 rings (SSSR count). The van der Waals surface area contributed by atoms with Crippen LogP contribution in [0.5, 0.6) is 0 Å². The maximum absolute atomic E-state index is 11.9. The number of amides is 1. The van der Waals surface area contributed by atoms with E-state index in [0.29, 0.717) is 37.6 Å². The fourth-order valence-corrected chi connectivity index (χ4v) is 2.66. The Kier molecular flexibility index (Phi) is 5.86. The van der Waals surface area contributed by atoms with Crippen LogP contribution in [0.4, 0.5) is 11.5 Å². The summed E-state index contributed by atoms with van der Waals surface area (Å²) in [6.07, 6.45) is 2.07. The van der Waals surface area contributed by atoms with Gasteiger partial charge in [0.15, 0.2) is 0 Å². The van der Waals surface area contributed by atoms with Crippen molar-refractivity contribution in [2.75, 3.05) is 32.1 Å². The van der Waals surface area contributed by atoms with Gasteiger partial charge in [-0.05, 0) is 25.8 Å². The summed E-state index contributed by atoms with van der Waals surface area (Å²) in [5.74, 6) is 0.756. The van der Waals surface area contributed by atoms with E-state index < -0.39 is 4.92 Å². The Morgan fingerprint density at radius 2 is 2.17 bits per heavy atom. The smallest absolute Gasteiger partial charge is 0.290 e. The summed E-state index contributed by atoms with van der Waals surface area (Å²) >= 11 is 0. The lowest BCUT2D eigenvalue weighted by Gasteiger charge is -2.32. The zero-order valence-corrected chi connectivity index (χ0v) is 13.4. The van der Waals surface area contributed by atoms with Crippen molar-refractivity contribution in [3.05, 3.63) is 27.9 Å². The second-order valence-electron chi connectivity index (χ2n) is 5.60. The zero-order chi connectivity index (χ0) is 16.8. The van der Waals surface area contributed by atoms with Gasteiger partial charge in [-0.1, -0.05) is 0 Å². The van der Waals surface area contributed by atoms with E-state index in [9.17, 15) is 14.9 Å². The lowest BCUT2D eigenvalue weighted by Crippen LogP contribution is -2.42. The number of nitrogens with one attached hydrogen (secondary N) is 1. The Balaban J connectivity index is 1.86. The number of hydrogen-bond acceptors (Lipinski definition) is 6. The van der Waals surface area contributed by atoms with Crippen LogP contribution in [0.1, 0.15) is 25.0 Å². The summed E-state index contributed by atoms with van der Waals surface area (Å²) < 4.78 is 4.93. The second-order valence-corrected chi connectivity index (χ2v) is 5.60. The van der Waals surface area contributed by atoms with Gasteiger partial charge in [0.25, 0.3) is 5.69 Å². The fraction of sp³-hybridized carbons (Fsp3) is 0.600. The van der Waals surface area contributed by atoms with Crippen LogP contribution < -0.4 is 5.32 Å². The van der Waals surface area contributed by atoms with E-state index in [1.165, 1.54) is 6.07 Å². The highest BCUT2D eigenvalue weighted by molar-refractivity contribution is 5.76. The van der Waals surface area contributed by atoms with Crippen LogP contribution in [0.3, 0.4) is 0 Å². The highest BCUT2D eigenvalue weighted by atomic mass is 16.6. The van der Waals surface area contributed by atoms with Crippen molar-refractivity contribution in [1.82, 2.24) is 9.88 Å². The first-order valence-electron chi connectivity index (χ1n) is 7.66. The largest absolute Gasteiger partial charge is 0.384 e. The van der Waals surface area contributed by atoms with Gasteiger partial charge in [0.1, 0.15) is 11.5 Å². The number of carbonyl (C=O) groups excluding carboxylic acids is 1. The molecule has 0 unspecified atom stereocenters. The lowest BCUT2D eigenvalue weighted by atomic mass is 10.0. The molecule has 0 aromatic carbocycles. The monoisotopic (exact) mass is 322 g/mol. The van der Waals surface area contributed by atoms with Gasteiger partial charge in [-0.15, -0.1) is 0 Å². The number of nitrogens with zero attached hydrogens (tertiary/aromatic N) is 3. The van der Waals surface area contributed by atoms with Crippen LogP contribution in [0.25, 0.3) is 0 Å². The third-order valence-corrected chi connectivity index (χ3v) is 3.97. The van der Waals surface area contributed by atoms with Crippen molar-refractivity contribution >= 4 is 17.4 Å². The molecule has 8 nitrogen and oxygen atoms in total. The predicted molar refractivity (Wildman–Crippen MR) is 85.3 cm³/mol. The summed E-state index contributed by atoms with van der Waals surface area (Å²) in [4.78, 5) is 28.4. The van der Waals surface area contributed by atoms with Crippen LogP contribution >= 0.6 is 0 Å². The number of carbonyl (C=O) groups is 1. The number of nitro groups is 1. The Morgan fingerprint density at radius 3 is 2.74 bits per heavy atom. The average molecular weight is 322 g/mol. The third-order valence-electron chi connectivity index (χ3n) is 3.97. The van der Waals surface area contributed by atoms with Gasteiger partial charge in [0, 0.05) is 32.3 Å². The number of hydrogen-bond donors (Lipinski definition) is 1. The maximum atomic E-state index is 11.9. The molecule has 1 aromatic heterocycles. The second kappa shape index (κ2) is 7.87. The molecular weight excluding hydrogens is 300 g/mol. The molecule has 1 saturated heterocycles. The fourth-order valence-electron chi connectivity index (χ4n) is 2.66. The quantitative estimate of drug-likeness (QED) is 0.633. The highest BCUT2D eigenvalue weighted by Crippen LogP contribution is 2.20. The molecule has 8 heteroatoms. The summed E-state index contributed by atoms with van der Waals surface area (Å²) in [6.45, 7) is 3.47. The summed E-state index contributed by atoms with van der Waals surface area (Å²) in [5.41, 5.74) is 0.418. The number of methoxy groups -OCH3 is 1. The molecular formula is C15H22N4O4. The van der Waals surface area contributed by atoms with E-state index in [-0.39, 0.29) is 17.6 Å². The molecule has 1 fully saturated rings. The average Bonchev–Trinajstić information content (AvgIpc) is 2.53. The Labute approximate surface area is 135 Å². The van der Waals surface area contributed by atoms with Crippen molar-refractivity contribution in [3.63, 3.8) is 0 Å². The van der Waals surface area contributed by atoms with E-state index in [0.717, 1.165) is 12.8 Å². The number of rotatable bonds is 6. The van der Waals surface area contributed by atoms with Crippen molar-refractivity contribution < 1.29 is 14.5 Å². The molecule has 1 aliphatic rings. The number of aryl methyl sites for hydroxylation is 1. The Bertz CT molecular complexity index is 571. The summed E-state index contributed by atoms with van der Waals surface area (Å²) in [5, 5.41) is 14.1. The van der Waals surface area contributed by atoms with Crippen LogP contribution in [-0.2, 0) is 9.53 Å². The van der Waals surface area contributed by atoms with E-state index in [1.54, 1.807) is 20.1 Å². The molecule has 0 spiro atoms. The molecule has 1 N–H and O–H groups in total. The first-order valence-corrected chi connectivity index (χ1v) is 7.66. The molecule has 1 aromatic rings. The van der Waals surface area contributed by atoms with Gasteiger partial charge < -0.3 is 15.0 Å². The minimum atomic E-state index is -0.434. The Hall–Kier alpha value is -2.22. The lowest BCUT2D eigenvalue weighted by molar-refractivity contribution is -0.385. The minimum Gasteiger partial charge on any atom is -0.384 e. The number of likely N-dealkylation sites (tertiary alicyclic amines) is 1. The molecule has 0 bridgehead atoms. The van der Waals surface area contributed by atoms with E-state index >= 15 is 0 Å². The van der Waals surface area contributed by atoms with Gasteiger partial charge in [0.2, 0.25) is 5.91 Å².